The minimum absolute atomic E-state index is 0.0823. The third kappa shape index (κ3) is 2.90. The fourth-order valence-corrected chi connectivity index (χ4v) is 1.59. The van der Waals surface area contributed by atoms with E-state index in [1.807, 2.05) is 0 Å². The first-order valence-corrected chi connectivity index (χ1v) is 5.89. The lowest BCUT2D eigenvalue weighted by Gasteiger charge is -2.12. The maximum Gasteiger partial charge on any atom is 0.274 e. The molecule has 0 radical (unpaired) electrons. The number of benzene rings is 1. The third-order valence-corrected chi connectivity index (χ3v) is 2.63. The molecule has 0 unspecified atom stereocenters. The lowest BCUT2D eigenvalue weighted by atomic mass is 10.2. The van der Waals surface area contributed by atoms with Crippen LogP contribution in [-0.2, 0) is 0 Å². The summed E-state index contributed by atoms with van der Waals surface area (Å²) >= 11 is 0. The highest BCUT2D eigenvalue weighted by molar-refractivity contribution is 6.03. The molecule has 104 valence electrons. The first-order valence-electron chi connectivity index (χ1n) is 5.89. The zero-order chi connectivity index (χ0) is 14.7. The van der Waals surface area contributed by atoms with Gasteiger partial charge in [0.1, 0.15) is 28.8 Å². The molecule has 6 heteroatoms. The van der Waals surface area contributed by atoms with E-state index >= 15 is 0 Å². The Hall–Kier alpha value is -2.50. The van der Waals surface area contributed by atoms with Crippen LogP contribution in [0.1, 0.15) is 10.5 Å². The van der Waals surface area contributed by atoms with Crippen LogP contribution in [0.3, 0.4) is 0 Å². The molecule has 0 bridgehead atoms. The Labute approximate surface area is 115 Å². The second-order valence-corrected chi connectivity index (χ2v) is 4.33. The van der Waals surface area contributed by atoms with Crippen LogP contribution in [0.25, 0.3) is 0 Å². The molecule has 2 aromatic rings. The second-order valence-electron chi connectivity index (χ2n) is 4.33. The molecule has 1 heterocycles. The van der Waals surface area contributed by atoms with Crippen LogP contribution in [-0.4, -0.2) is 25.0 Å². The van der Waals surface area contributed by atoms with Crippen molar-refractivity contribution in [2.24, 2.45) is 0 Å². The molecule has 1 aromatic carbocycles. The number of rotatable bonds is 3. The van der Waals surface area contributed by atoms with Crippen LogP contribution in [0.2, 0.25) is 0 Å². The van der Waals surface area contributed by atoms with Crippen LogP contribution < -0.4 is 10.2 Å². The summed E-state index contributed by atoms with van der Waals surface area (Å²) in [7, 11) is 3.56. The monoisotopic (exact) mass is 277 g/mol. The summed E-state index contributed by atoms with van der Waals surface area (Å²) in [4.78, 5) is 17.8. The molecule has 0 atom stereocenters. The van der Waals surface area contributed by atoms with Gasteiger partial charge in [-0.3, -0.25) is 4.79 Å². The summed E-state index contributed by atoms with van der Waals surface area (Å²) in [5.41, 5.74) is -0.395. The maximum atomic E-state index is 13.5. The number of nitrogens with one attached hydrogen (secondary N) is 1. The van der Waals surface area contributed by atoms with E-state index < -0.39 is 23.2 Å². The molecule has 1 N–H and O–H groups in total. The summed E-state index contributed by atoms with van der Waals surface area (Å²) in [5, 5.41) is 2.19. The van der Waals surface area contributed by atoms with Gasteiger partial charge in [0.05, 0.1) is 0 Å². The van der Waals surface area contributed by atoms with Crippen LogP contribution in [0.4, 0.5) is 20.3 Å². The summed E-state index contributed by atoms with van der Waals surface area (Å²) in [5.74, 6) is -1.76. The molecular weight excluding hydrogens is 264 g/mol. The Morgan fingerprint density at radius 2 is 1.70 bits per heavy atom. The lowest BCUT2D eigenvalue weighted by Crippen LogP contribution is -2.18. The summed E-state index contributed by atoms with van der Waals surface area (Å²) < 4.78 is 26.9. The van der Waals surface area contributed by atoms with E-state index in [4.69, 9.17) is 0 Å². The largest absolute Gasteiger partial charge is 0.363 e. The van der Waals surface area contributed by atoms with Gasteiger partial charge in [0.25, 0.3) is 5.91 Å². The maximum absolute atomic E-state index is 13.5. The SMILES string of the molecule is CN(C)c1cccc(C(=O)Nc2c(F)cccc2F)n1. The molecule has 20 heavy (non-hydrogen) atoms. The van der Waals surface area contributed by atoms with Gasteiger partial charge in [0.2, 0.25) is 0 Å². The Morgan fingerprint density at radius 3 is 2.30 bits per heavy atom. The van der Waals surface area contributed by atoms with Gasteiger partial charge in [-0.1, -0.05) is 12.1 Å². The molecule has 0 spiro atoms. The lowest BCUT2D eigenvalue weighted by molar-refractivity contribution is 0.102. The minimum atomic E-state index is -0.831. The molecule has 0 aliphatic heterocycles. The topological polar surface area (TPSA) is 45.2 Å². The van der Waals surface area contributed by atoms with E-state index in [0.717, 1.165) is 12.1 Å². The molecule has 0 saturated heterocycles. The molecule has 1 amide bonds. The predicted molar refractivity (Wildman–Crippen MR) is 72.9 cm³/mol. The van der Waals surface area contributed by atoms with Gasteiger partial charge < -0.3 is 10.2 Å². The second kappa shape index (κ2) is 5.64. The fourth-order valence-electron chi connectivity index (χ4n) is 1.59. The summed E-state index contributed by atoms with van der Waals surface area (Å²) in [6, 6.07) is 8.21. The van der Waals surface area contributed by atoms with Crippen molar-refractivity contribution in [2.45, 2.75) is 0 Å². The van der Waals surface area contributed by atoms with Gasteiger partial charge in [0.15, 0.2) is 0 Å². The molecule has 0 aliphatic carbocycles. The Kier molecular flexibility index (Phi) is 3.93. The number of hydrogen-bond donors (Lipinski definition) is 1. The highest BCUT2D eigenvalue weighted by atomic mass is 19.1. The minimum Gasteiger partial charge on any atom is -0.363 e. The Morgan fingerprint density at radius 1 is 1.10 bits per heavy atom. The van der Waals surface area contributed by atoms with Crippen molar-refractivity contribution in [1.29, 1.82) is 0 Å². The number of carbonyl (C=O) groups excluding carboxylic acids is 1. The molecule has 4 nitrogen and oxygen atoms in total. The standard InChI is InChI=1S/C14H13F2N3O/c1-19(2)12-8-4-7-11(17-12)14(20)18-13-9(15)5-3-6-10(13)16/h3-8H,1-2H3,(H,18,20). The summed E-state index contributed by atoms with van der Waals surface area (Å²) in [6.07, 6.45) is 0. The zero-order valence-electron chi connectivity index (χ0n) is 11.0. The van der Waals surface area contributed by atoms with Crippen molar-refractivity contribution in [2.75, 3.05) is 24.3 Å². The van der Waals surface area contributed by atoms with Gasteiger partial charge in [-0.2, -0.15) is 0 Å². The number of pyridine rings is 1. The third-order valence-electron chi connectivity index (χ3n) is 2.63. The van der Waals surface area contributed by atoms with Crippen molar-refractivity contribution >= 4 is 17.4 Å². The average Bonchev–Trinajstić information content (AvgIpc) is 2.43. The number of carbonyl (C=O) groups is 1. The number of aromatic nitrogens is 1. The number of hydrogen-bond acceptors (Lipinski definition) is 3. The Bertz CT molecular complexity index is 624. The van der Waals surface area contributed by atoms with Crippen LogP contribution in [0.5, 0.6) is 0 Å². The van der Waals surface area contributed by atoms with Gasteiger partial charge in [-0.15, -0.1) is 0 Å². The average molecular weight is 277 g/mol. The van der Waals surface area contributed by atoms with Crippen LogP contribution >= 0.6 is 0 Å². The van der Waals surface area contributed by atoms with E-state index in [9.17, 15) is 13.6 Å². The quantitative estimate of drug-likeness (QED) is 0.938. The first kappa shape index (κ1) is 13.9. The number of amides is 1. The van der Waals surface area contributed by atoms with E-state index in [0.29, 0.717) is 5.82 Å². The zero-order valence-corrected chi connectivity index (χ0v) is 11.0. The van der Waals surface area contributed by atoms with Gasteiger partial charge in [0, 0.05) is 14.1 Å². The number of para-hydroxylation sites is 1. The van der Waals surface area contributed by atoms with Crippen molar-refractivity contribution < 1.29 is 13.6 Å². The molecule has 1 aromatic heterocycles. The summed E-state index contributed by atoms with van der Waals surface area (Å²) in [6.45, 7) is 0. The molecule has 0 saturated carbocycles. The molecule has 2 rings (SSSR count). The highest BCUT2D eigenvalue weighted by Crippen LogP contribution is 2.19. The molecular formula is C14H13F2N3O. The van der Waals surface area contributed by atoms with Crippen LogP contribution in [0, 0.1) is 11.6 Å². The van der Waals surface area contributed by atoms with E-state index in [1.54, 1.807) is 31.1 Å². The predicted octanol–water partition coefficient (Wildman–Crippen LogP) is 2.68. The highest BCUT2D eigenvalue weighted by Gasteiger charge is 2.14. The molecule has 0 aliphatic rings. The van der Waals surface area contributed by atoms with E-state index in [1.165, 1.54) is 12.1 Å². The van der Waals surface area contributed by atoms with E-state index in [-0.39, 0.29) is 5.69 Å². The molecule has 0 fully saturated rings. The van der Waals surface area contributed by atoms with Gasteiger partial charge in [-0.05, 0) is 24.3 Å². The van der Waals surface area contributed by atoms with Crippen molar-refractivity contribution in [3.8, 4) is 0 Å². The van der Waals surface area contributed by atoms with Crippen LogP contribution in [0.15, 0.2) is 36.4 Å². The number of anilines is 2. The number of halogens is 2. The Balaban J connectivity index is 2.26. The smallest absolute Gasteiger partial charge is 0.274 e. The van der Waals surface area contributed by atoms with Crippen molar-refractivity contribution in [3.05, 3.63) is 53.7 Å². The van der Waals surface area contributed by atoms with Gasteiger partial charge >= 0.3 is 0 Å². The normalized spacial score (nSPS) is 10.2. The van der Waals surface area contributed by atoms with Gasteiger partial charge in [-0.25, -0.2) is 13.8 Å². The first-order chi connectivity index (χ1) is 9.49. The fraction of sp³-hybridized carbons (Fsp3) is 0.143. The van der Waals surface area contributed by atoms with E-state index in [2.05, 4.69) is 10.3 Å². The van der Waals surface area contributed by atoms with Crippen molar-refractivity contribution in [3.63, 3.8) is 0 Å². The van der Waals surface area contributed by atoms with Crippen molar-refractivity contribution in [1.82, 2.24) is 4.98 Å². The number of nitrogens with zero attached hydrogens (tertiary/aromatic N) is 2.